The van der Waals surface area contributed by atoms with Gasteiger partial charge in [0.15, 0.2) is 0 Å². The van der Waals surface area contributed by atoms with E-state index < -0.39 is 5.91 Å². The van der Waals surface area contributed by atoms with Gasteiger partial charge in [-0.2, -0.15) is 5.26 Å². The quantitative estimate of drug-likeness (QED) is 0.559. The lowest BCUT2D eigenvalue weighted by Gasteiger charge is -2.09. The number of halogens is 1. The molecule has 0 spiro atoms. The molecular weight excluding hydrogens is 350 g/mol. The summed E-state index contributed by atoms with van der Waals surface area (Å²) in [7, 11) is 1.51. The predicted octanol–water partition coefficient (Wildman–Crippen LogP) is 4.93. The summed E-state index contributed by atoms with van der Waals surface area (Å²) in [6, 6.07) is 14.6. The Morgan fingerprint density at radius 3 is 2.38 bits per heavy atom. The molecule has 0 aromatic heterocycles. The van der Waals surface area contributed by atoms with Gasteiger partial charge in [-0.1, -0.05) is 37.6 Å². The molecule has 2 aromatic rings. The van der Waals surface area contributed by atoms with Crippen LogP contribution in [0.5, 0.6) is 5.75 Å². The summed E-state index contributed by atoms with van der Waals surface area (Å²) < 4.78 is 5.07. The van der Waals surface area contributed by atoms with Crippen LogP contribution in [0.2, 0.25) is 5.02 Å². The molecule has 26 heavy (non-hydrogen) atoms. The van der Waals surface area contributed by atoms with E-state index in [1.165, 1.54) is 18.9 Å². The number of ether oxygens (including phenoxy) is 1. The second kappa shape index (κ2) is 8.93. The molecule has 0 aliphatic carbocycles. The number of carbonyl (C=O) groups is 1. The number of carbonyl (C=O) groups excluding carboxylic acids is 1. The van der Waals surface area contributed by atoms with Crippen LogP contribution >= 0.6 is 11.6 Å². The Hall–Kier alpha value is -2.97. The molecule has 5 nitrogen and oxygen atoms in total. The standard InChI is InChI=1S/C20H20ClN3O2/c1-13(2)14-4-6-16(7-5-14)23-12-15(11-22)20(25)24-17-8-9-19(26-3)18(21)10-17/h4-10,12-13,23H,1-3H3,(H,24,25)/b15-12-. The molecule has 0 radical (unpaired) electrons. The Balaban J connectivity index is 2.07. The van der Waals surface area contributed by atoms with Crippen LogP contribution in [0.4, 0.5) is 11.4 Å². The van der Waals surface area contributed by atoms with Crippen molar-refractivity contribution in [3.8, 4) is 11.8 Å². The molecule has 2 aromatic carbocycles. The van der Waals surface area contributed by atoms with Crippen LogP contribution in [0, 0.1) is 11.3 Å². The largest absolute Gasteiger partial charge is 0.495 e. The number of anilines is 2. The minimum atomic E-state index is -0.528. The van der Waals surface area contributed by atoms with E-state index in [0.29, 0.717) is 22.4 Å². The highest BCUT2D eigenvalue weighted by molar-refractivity contribution is 6.32. The fourth-order valence-corrected chi connectivity index (χ4v) is 2.47. The van der Waals surface area contributed by atoms with Gasteiger partial charge in [-0.25, -0.2) is 0 Å². The average molecular weight is 370 g/mol. The van der Waals surface area contributed by atoms with Gasteiger partial charge in [0, 0.05) is 17.6 Å². The fraction of sp³-hybridized carbons (Fsp3) is 0.200. The van der Waals surface area contributed by atoms with Gasteiger partial charge in [0.1, 0.15) is 17.4 Å². The summed E-state index contributed by atoms with van der Waals surface area (Å²) in [6.45, 7) is 4.23. The molecule has 0 heterocycles. The number of hydrogen-bond donors (Lipinski definition) is 2. The second-order valence-electron chi connectivity index (χ2n) is 5.89. The maximum Gasteiger partial charge on any atom is 0.267 e. The van der Waals surface area contributed by atoms with E-state index in [4.69, 9.17) is 16.3 Å². The average Bonchev–Trinajstić information content (AvgIpc) is 2.62. The van der Waals surface area contributed by atoms with Crippen LogP contribution in [0.3, 0.4) is 0 Å². The van der Waals surface area contributed by atoms with Crippen molar-refractivity contribution in [3.63, 3.8) is 0 Å². The third-order valence-electron chi connectivity index (χ3n) is 3.74. The first-order valence-corrected chi connectivity index (χ1v) is 8.44. The van der Waals surface area contributed by atoms with E-state index in [9.17, 15) is 10.1 Å². The zero-order chi connectivity index (χ0) is 19.1. The van der Waals surface area contributed by atoms with Crippen molar-refractivity contribution < 1.29 is 9.53 Å². The van der Waals surface area contributed by atoms with Gasteiger partial charge < -0.3 is 15.4 Å². The second-order valence-corrected chi connectivity index (χ2v) is 6.30. The Bertz CT molecular complexity index is 852. The monoisotopic (exact) mass is 369 g/mol. The highest BCUT2D eigenvalue weighted by atomic mass is 35.5. The molecule has 6 heteroatoms. The van der Waals surface area contributed by atoms with Crippen LogP contribution in [-0.2, 0) is 4.79 Å². The van der Waals surface area contributed by atoms with E-state index >= 15 is 0 Å². The van der Waals surface area contributed by atoms with Crippen molar-refractivity contribution in [1.29, 1.82) is 5.26 Å². The van der Waals surface area contributed by atoms with E-state index in [0.717, 1.165) is 5.69 Å². The lowest BCUT2D eigenvalue weighted by molar-refractivity contribution is -0.112. The van der Waals surface area contributed by atoms with Crippen molar-refractivity contribution in [1.82, 2.24) is 0 Å². The molecule has 0 aliphatic rings. The predicted molar refractivity (Wildman–Crippen MR) is 104 cm³/mol. The molecule has 0 atom stereocenters. The van der Waals surface area contributed by atoms with E-state index in [-0.39, 0.29) is 5.57 Å². The lowest BCUT2D eigenvalue weighted by atomic mass is 10.0. The number of rotatable bonds is 6. The zero-order valence-electron chi connectivity index (χ0n) is 14.8. The molecule has 0 saturated carbocycles. The first kappa shape index (κ1) is 19.4. The minimum absolute atomic E-state index is 0.0510. The maximum atomic E-state index is 12.3. The first-order chi connectivity index (χ1) is 12.4. The smallest absolute Gasteiger partial charge is 0.267 e. The molecule has 2 N–H and O–H groups in total. The van der Waals surface area contributed by atoms with Crippen molar-refractivity contribution in [3.05, 3.63) is 64.8 Å². The summed E-state index contributed by atoms with van der Waals surface area (Å²) in [5, 5.41) is 15.2. The van der Waals surface area contributed by atoms with Crippen molar-refractivity contribution >= 4 is 28.9 Å². The number of nitriles is 1. The molecular formula is C20H20ClN3O2. The summed E-state index contributed by atoms with van der Waals surface area (Å²) in [6.07, 6.45) is 1.38. The summed E-state index contributed by atoms with van der Waals surface area (Å²) in [5.41, 5.74) is 2.43. The number of nitrogens with zero attached hydrogens (tertiary/aromatic N) is 1. The van der Waals surface area contributed by atoms with Gasteiger partial charge >= 0.3 is 0 Å². The van der Waals surface area contributed by atoms with Gasteiger partial charge in [0.2, 0.25) is 0 Å². The van der Waals surface area contributed by atoms with Crippen molar-refractivity contribution in [2.75, 3.05) is 17.7 Å². The number of hydrogen-bond acceptors (Lipinski definition) is 4. The minimum Gasteiger partial charge on any atom is -0.495 e. The molecule has 0 fully saturated rings. The van der Waals surface area contributed by atoms with Gasteiger partial charge in [-0.05, 0) is 41.8 Å². The Labute approximate surface area is 158 Å². The fourth-order valence-electron chi connectivity index (χ4n) is 2.21. The SMILES string of the molecule is COc1ccc(NC(=O)/C(C#N)=C\Nc2ccc(C(C)C)cc2)cc1Cl. The topological polar surface area (TPSA) is 74.1 Å². The van der Waals surface area contributed by atoms with Crippen LogP contribution in [0.15, 0.2) is 54.2 Å². The van der Waals surface area contributed by atoms with Gasteiger partial charge in [-0.15, -0.1) is 0 Å². The van der Waals surface area contributed by atoms with Crippen LogP contribution in [-0.4, -0.2) is 13.0 Å². The van der Waals surface area contributed by atoms with E-state index in [1.54, 1.807) is 18.2 Å². The van der Waals surface area contributed by atoms with Crippen LogP contribution < -0.4 is 15.4 Å². The van der Waals surface area contributed by atoms with E-state index in [2.05, 4.69) is 24.5 Å². The normalized spacial score (nSPS) is 11.0. The van der Waals surface area contributed by atoms with Crippen LogP contribution in [0.25, 0.3) is 0 Å². The molecule has 0 bridgehead atoms. The lowest BCUT2D eigenvalue weighted by Crippen LogP contribution is -2.14. The molecule has 1 amide bonds. The van der Waals surface area contributed by atoms with E-state index in [1.807, 2.05) is 30.3 Å². The highest BCUT2D eigenvalue weighted by Crippen LogP contribution is 2.27. The Morgan fingerprint density at radius 1 is 1.19 bits per heavy atom. The van der Waals surface area contributed by atoms with Crippen molar-refractivity contribution in [2.45, 2.75) is 19.8 Å². The summed E-state index contributed by atoms with van der Waals surface area (Å²) in [5.74, 6) is 0.420. The number of amides is 1. The number of methoxy groups -OCH3 is 1. The zero-order valence-corrected chi connectivity index (χ0v) is 15.6. The third-order valence-corrected chi connectivity index (χ3v) is 4.03. The van der Waals surface area contributed by atoms with Crippen LogP contribution in [0.1, 0.15) is 25.3 Å². The molecule has 0 aliphatic heterocycles. The van der Waals surface area contributed by atoms with Gasteiger partial charge in [0.05, 0.1) is 12.1 Å². The number of nitrogens with one attached hydrogen (secondary N) is 2. The number of benzene rings is 2. The van der Waals surface area contributed by atoms with Crippen molar-refractivity contribution in [2.24, 2.45) is 0 Å². The molecule has 2 rings (SSSR count). The molecule has 134 valence electrons. The third kappa shape index (κ3) is 5.01. The Kier molecular flexibility index (Phi) is 6.65. The summed E-state index contributed by atoms with van der Waals surface area (Å²) in [4.78, 5) is 12.3. The molecule has 0 unspecified atom stereocenters. The molecule has 0 saturated heterocycles. The maximum absolute atomic E-state index is 12.3. The first-order valence-electron chi connectivity index (χ1n) is 8.06. The van der Waals surface area contributed by atoms with Gasteiger partial charge in [-0.3, -0.25) is 4.79 Å². The Morgan fingerprint density at radius 2 is 1.85 bits per heavy atom. The van der Waals surface area contributed by atoms with Gasteiger partial charge in [0.25, 0.3) is 5.91 Å². The summed E-state index contributed by atoms with van der Waals surface area (Å²) >= 11 is 6.03. The highest BCUT2D eigenvalue weighted by Gasteiger charge is 2.11.